The Morgan fingerprint density at radius 1 is 1.38 bits per heavy atom. The van der Waals surface area contributed by atoms with E-state index in [0.717, 1.165) is 13.2 Å². The number of Topliss-reactive ketones (excluding diaryl/α,β-unsaturated/α-hetero) is 1. The van der Waals surface area contributed by atoms with Crippen molar-refractivity contribution in [2.45, 2.75) is 6.42 Å². The third-order valence-corrected chi connectivity index (χ3v) is 2.19. The molecule has 0 fully saturated rings. The van der Waals surface area contributed by atoms with E-state index in [9.17, 15) is 18.4 Å². The highest BCUT2D eigenvalue weighted by atomic mass is 35.5. The summed E-state index contributed by atoms with van der Waals surface area (Å²) in [5.41, 5.74) is -0.224. The number of hydrogen-bond acceptors (Lipinski definition) is 3. The van der Waals surface area contributed by atoms with Crippen molar-refractivity contribution in [3.05, 3.63) is 34.4 Å². The number of carbonyl (C=O) groups excluding carboxylic acids is 2. The van der Waals surface area contributed by atoms with E-state index in [1.807, 2.05) is 0 Å². The average molecular weight is 249 g/mol. The van der Waals surface area contributed by atoms with Crippen molar-refractivity contribution in [2.24, 2.45) is 0 Å². The molecule has 0 atom stereocenters. The minimum atomic E-state index is -1.10. The first-order chi connectivity index (χ1) is 7.45. The molecule has 0 radical (unpaired) electrons. The molecule has 6 heteroatoms. The number of benzene rings is 1. The molecular formula is C10H7ClF2O3. The van der Waals surface area contributed by atoms with Gasteiger partial charge >= 0.3 is 5.97 Å². The van der Waals surface area contributed by atoms with Gasteiger partial charge in [-0.05, 0) is 6.07 Å². The summed E-state index contributed by atoms with van der Waals surface area (Å²) in [6.45, 7) is 0. The van der Waals surface area contributed by atoms with Gasteiger partial charge in [0.05, 0.1) is 12.1 Å². The quantitative estimate of drug-likeness (QED) is 0.606. The Kier molecular flexibility index (Phi) is 3.95. The molecule has 0 aliphatic carbocycles. The van der Waals surface area contributed by atoms with Crippen LogP contribution < -0.4 is 0 Å². The minimum Gasteiger partial charge on any atom is -0.463 e. The number of esters is 1. The molecule has 0 bridgehead atoms. The first kappa shape index (κ1) is 12.6. The number of rotatable bonds is 3. The van der Waals surface area contributed by atoms with Crippen molar-refractivity contribution < 1.29 is 23.1 Å². The summed E-state index contributed by atoms with van der Waals surface area (Å²) in [7, 11) is 1.03. The fourth-order valence-corrected chi connectivity index (χ4v) is 1.35. The van der Waals surface area contributed by atoms with E-state index in [1.165, 1.54) is 0 Å². The minimum absolute atomic E-state index is 0.224. The number of hydrogen-bond donors (Lipinski definition) is 0. The lowest BCUT2D eigenvalue weighted by atomic mass is 10.1. The van der Waals surface area contributed by atoms with Gasteiger partial charge in [-0.1, -0.05) is 11.6 Å². The third-order valence-electron chi connectivity index (χ3n) is 1.86. The molecule has 3 nitrogen and oxygen atoms in total. The molecule has 1 rings (SSSR count). The van der Waals surface area contributed by atoms with E-state index in [4.69, 9.17) is 11.6 Å². The molecule has 0 aromatic heterocycles. The van der Waals surface area contributed by atoms with Gasteiger partial charge in [0.1, 0.15) is 11.6 Å². The predicted molar refractivity (Wildman–Crippen MR) is 52.1 cm³/mol. The number of carbonyl (C=O) groups is 2. The normalized spacial score (nSPS) is 10.0. The lowest BCUT2D eigenvalue weighted by Crippen LogP contribution is -2.18. The van der Waals surface area contributed by atoms with Gasteiger partial charge in [0.25, 0.3) is 0 Å². The Morgan fingerprint density at radius 3 is 2.50 bits per heavy atom. The molecule has 0 aliphatic rings. The maximum Gasteiger partial charge on any atom is 0.374 e. The largest absolute Gasteiger partial charge is 0.463 e. The maximum atomic E-state index is 13.2. The highest BCUT2D eigenvalue weighted by Gasteiger charge is 2.19. The van der Waals surface area contributed by atoms with E-state index >= 15 is 0 Å². The van der Waals surface area contributed by atoms with Crippen LogP contribution in [0.15, 0.2) is 12.1 Å². The topological polar surface area (TPSA) is 43.4 Å². The highest BCUT2D eigenvalue weighted by molar-refractivity contribution is 6.35. The van der Waals surface area contributed by atoms with E-state index < -0.39 is 29.8 Å². The van der Waals surface area contributed by atoms with Crippen LogP contribution in [0.4, 0.5) is 8.78 Å². The van der Waals surface area contributed by atoms with Crippen LogP contribution in [-0.4, -0.2) is 18.9 Å². The number of halogens is 3. The first-order valence-electron chi connectivity index (χ1n) is 4.20. The van der Waals surface area contributed by atoms with Gasteiger partial charge in [-0.2, -0.15) is 0 Å². The Morgan fingerprint density at radius 2 is 2.00 bits per heavy atom. The van der Waals surface area contributed by atoms with E-state index in [-0.39, 0.29) is 10.6 Å². The molecule has 1 aromatic rings. The van der Waals surface area contributed by atoms with E-state index in [2.05, 4.69) is 4.74 Å². The van der Waals surface area contributed by atoms with Crippen LogP contribution in [0, 0.1) is 11.6 Å². The molecule has 0 saturated heterocycles. The van der Waals surface area contributed by atoms with Crippen molar-refractivity contribution in [3.63, 3.8) is 0 Å². The van der Waals surface area contributed by atoms with Gasteiger partial charge in [0, 0.05) is 18.1 Å². The molecule has 0 spiro atoms. The smallest absolute Gasteiger partial charge is 0.374 e. The molecular weight excluding hydrogens is 242 g/mol. The van der Waals surface area contributed by atoms with Gasteiger partial charge in [-0.25, -0.2) is 13.6 Å². The molecule has 0 saturated carbocycles. The summed E-state index contributed by atoms with van der Waals surface area (Å²) in [4.78, 5) is 21.9. The summed E-state index contributed by atoms with van der Waals surface area (Å²) in [6.07, 6.45) is -0.558. The Balaban J connectivity index is 2.98. The van der Waals surface area contributed by atoms with Gasteiger partial charge in [-0.15, -0.1) is 0 Å². The van der Waals surface area contributed by atoms with Crippen molar-refractivity contribution >= 4 is 23.4 Å². The molecule has 1 aromatic carbocycles. The van der Waals surface area contributed by atoms with Crippen molar-refractivity contribution in [2.75, 3.05) is 7.11 Å². The summed E-state index contributed by atoms with van der Waals surface area (Å²) < 4.78 is 30.0. The van der Waals surface area contributed by atoms with Crippen LogP contribution >= 0.6 is 11.6 Å². The monoisotopic (exact) mass is 248 g/mol. The van der Waals surface area contributed by atoms with Gasteiger partial charge in [0.2, 0.25) is 5.78 Å². The van der Waals surface area contributed by atoms with Gasteiger partial charge in [0.15, 0.2) is 0 Å². The molecule has 0 unspecified atom stereocenters. The average Bonchev–Trinajstić information content (AvgIpc) is 2.21. The molecule has 16 heavy (non-hydrogen) atoms. The van der Waals surface area contributed by atoms with Crippen molar-refractivity contribution in [1.82, 2.24) is 0 Å². The van der Waals surface area contributed by atoms with Crippen LogP contribution in [0.2, 0.25) is 5.02 Å². The number of methoxy groups -OCH3 is 1. The fraction of sp³-hybridized carbons (Fsp3) is 0.200. The second-order valence-corrected chi connectivity index (χ2v) is 3.35. The Labute approximate surface area is 95.0 Å². The zero-order valence-corrected chi connectivity index (χ0v) is 8.98. The molecule has 0 amide bonds. The number of ether oxygens (including phenoxy) is 1. The maximum absolute atomic E-state index is 13.2. The Hall–Kier alpha value is -1.49. The third kappa shape index (κ3) is 2.76. The van der Waals surface area contributed by atoms with Gasteiger partial charge < -0.3 is 4.74 Å². The predicted octanol–water partition coefficient (Wildman–Crippen LogP) is 1.90. The van der Waals surface area contributed by atoms with E-state index in [1.54, 1.807) is 0 Å². The van der Waals surface area contributed by atoms with Gasteiger partial charge in [-0.3, -0.25) is 4.79 Å². The highest BCUT2D eigenvalue weighted by Crippen LogP contribution is 2.21. The molecule has 0 aliphatic heterocycles. The zero-order chi connectivity index (χ0) is 12.3. The van der Waals surface area contributed by atoms with Crippen LogP contribution in [0.5, 0.6) is 0 Å². The van der Waals surface area contributed by atoms with Crippen LogP contribution in [0.25, 0.3) is 0 Å². The van der Waals surface area contributed by atoms with E-state index in [0.29, 0.717) is 6.07 Å². The summed E-state index contributed by atoms with van der Waals surface area (Å²) in [5, 5.41) is -0.241. The summed E-state index contributed by atoms with van der Waals surface area (Å²) >= 11 is 5.54. The zero-order valence-electron chi connectivity index (χ0n) is 8.22. The van der Waals surface area contributed by atoms with Crippen LogP contribution in [0.1, 0.15) is 5.56 Å². The van der Waals surface area contributed by atoms with Crippen molar-refractivity contribution in [3.8, 4) is 0 Å². The SMILES string of the molecule is COC(=O)C(=O)Cc1c(F)cc(F)cc1Cl. The Bertz CT molecular complexity index is 423. The molecule has 0 N–H and O–H groups in total. The van der Waals surface area contributed by atoms with Crippen LogP contribution in [0.3, 0.4) is 0 Å². The second kappa shape index (κ2) is 5.03. The van der Waals surface area contributed by atoms with Crippen molar-refractivity contribution in [1.29, 1.82) is 0 Å². The number of ketones is 1. The standard InChI is InChI=1S/C10H7ClF2O3/c1-16-10(15)9(14)4-6-7(11)2-5(12)3-8(6)13/h2-3H,4H2,1H3. The molecule has 0 heterocycles. The lowest BCUT2D eigenvalue weighted by Gasteiger charge is -2.04. The lowest BCUT2D eigenvalue weighted by molar-refractivity contribution is -0.151. The second-order valence-electron chi connectivity index (χ2n) is 2.94. The molecule has 86 valence electrons. The summed E-state index contributed by atoms with van der Waals surface area (Å²) in [6, 6.07) is 1.45. The first-order valence-corrected chi connectivity index (χ1v) is 4.58. The fourth-order valence-electron chi connectivity index (χ4n) is 1.09. The summed E-state index contributed by atoms with van der Waals surface area (Å²) in [5.74, 6) is -3.87. The van der Waals surface area contributed by atoms with Crippen LogP contribution in [-0.2, 0) is 20.7 Å².